The number of pyridine rings is 1. The molecule has 106 valence electrons. The Hall–Kier alpha value is -2.56. The van der Waals surface area contributed by atoms with Gasteiger partial charge >= 0.3 is 5.69 Å². The van der Waals surface area contributed by atoms with Gasteiger partial charge in [0, 0.05) is 23.4 Å². The highest BCUT2D eigenvalue weighted by Crippen LogP contribution is 2.31. The number of aryl methyl sites for hydroxylation is 1. The topological polar surface area (TPSA) is 70.8 Å². The van der Waals surface area contributed by atoms with E-state index in [-0.39, 0.29) is 5.69 Å². The van der Waals surface area contributed by atoms with Crippen LogP contribution in [0, 0.1) is 6.92 Å². The van der Waals surface area contributed by atoms with Gasteiger partial charge in [-0.3, -0.25) is 0 Å². The van der Waals surface area contributed by atoms with Crippen LogP contribution >= 0.6 is 0 Å². The van der Waals surface area contributed by atoms with Crippen LogP contribution in [0.1, 0.15) is 18.4 Å². The molecule has 21 heavy (non-hydrogen) atoms. The summed E-state index contributed by atoms with van der Waals surface area (Å²) in [6, 6.07) is 7.77. The minimum absolute atomic E-state index is 0.196. The molecule has 1 fully saturated rings. The normalized spacial score (nSPS) is 14.5. The van der Waals surface area contributed by atoms with Gasteiger partial charge < -0.3 is 14.7 Å². The third kappa shape index (κ3) is 2.20. The van der Waals surface area contributed by atoms with E-state index in [2.05, 4.69) is 15.0 Å². The van der Waals surface area contributed by atoms with Gasteiger partial charge in [0.2, 0.25) is 5.88 Å². The van der Waals surface area contributed by atoms with Gasteiger partial charge in [-0.25, -0.2) is 9.78 Å². The van der Waals surface area contributed by atoms with Crippen LogP contribution in [-0.2, 0) is 0 Å². The third-order valence-electron chi connectivity index (χ3n) is 3.74. The van der Waals surface area contributed by atoms with E-state index in [9.17, 15) is 4.79 Å². The summed E-state index contributed by atoms with van der Waals surface area (Å²) in [5.41, 5.74) is 4.48. The van der Waals surface area contributed by atoms with Crippen molar-refractivity contribution in [3.8, 4) is 17.0 Å². The summed E-state index contributed by atoms with van der Waals surface area (Å²) >= 11 is 0. The number of aromatic amines is 2. The monoisotopic (exact) mass is 281 g/mol. The van der Waals surface area contributed by atoms with Crippen molar-refractivity contribution in [3.05, 3.63) is 46.5 Å². The molecule has 4 rings (SSSR count). The Bertz CT molecular complexity index is 857. The first-order valence-electron chi connectivity index (χ1n) is 7.05. The quantitative estimate of drug-likeness (QED) is 0.775. The van der Waals surface area contributed by atoms with Crippen molar-refractivity contribution in [1.29, 1.82) is 0 Å². The molecule has 1 aromatic carbocycles. The van der Waals surface area contributed by atoms with Crippen LogP contribution in [0.5, 0.6) is 5.88 Å². The molecule has 0 unspecified atom stereocenters. The number of hydrogen-bond donors (Lipinski definition) is 2. The highest BCUT2D eigenvalue weighted by molar-refractivity contribution is 5.93. The Kier molecular flexibility index (Phi) is 2.60. The highest BCUT2D eigenvalue weighted by atomic mass is 16.5. The average molecular weight is 281 g/mol. The molecule has 2 N–H and O–H groups in total. The molecule has 0 radical (unpaired) electrons. The van der Waals surface area contributed by atoms with E-state index >= 15 is 0 Å². The third-order valence-corrected chi connectivity index (χ3v) is 3.74. The lowest BCUT2D eigenvalue weighted by Gasteiger charge is -2.08. The Balaban J connectivity index is 1.81. The van der Waals surface area contributed by atoms with E-state index in [0.29, 0.717) is 12.0 Å². The summed E-state index contributed by atoms with van der Waals surface area (Å²) in [5.74, 6) is 0.661. The van der Waals surface area contributed by atoms with Crippen LogP contribution in [0.15, 0.2) is 35.3 Å². The maximum absolute atomic E-state index is 11.5. The van der Waals surface area contributed by atoms with Gasteiger partial charge in [-0.15, -0.1) is 0 Å². The van der Waals surface area contributed by atoms with E-state index < -0.39 is 0 Å². The highest BCUT2D eigenvalue weighted by Gasteiger charge is 2.24. The molecule has 0 amide bonds. The van der Waals surface area contributed by atoms with Gasteiger partial charge in [0.05, 0.1) is 11.0 Å². The van der Waals surface area contributed by atoms with E-state index in [1.165, 1.54) is 0 Å². The summed E-state index contributed by atoms with van der Waals surface area (Å²) in [4.78, 5) is 21.5. The molecule has 0 bridgehead atoms. The second kappa shape index (κ2) is 4.48. The van der Waals surface area contributed by atoms with Crippen LogP contribution < -0.4 is 10.4 Å². The molecule has 0 saturated heterocycles. The van der Waals surface area contributed by atoms with E-state index in [0.717, 1.165) is 40.6 Å². The fourth-order valence-electron chi connectivity index (χ4n) is 2.53. The SMILES string of the molecule is Cc1ccc2[nH]c(=O)[nH]c2c1-c1ccc(OC2CC2)nc1. The number of nitrogens with one attached hydrogen (secondary N) is 2. The number of nitrogens with zero attached hydrogens (tertiary/aromatic N) is 1. The van der Waals surface area contributed by atoms with Crippen LogP contribution in [0.2, 0.25) is 0 Å². The van der Waals surface area contributed by atoms with Crippen molar-refractivity contribution in [3.63, 3.8) is 0 Å². The number of fused-ring (bicyclic) bond motifs is 1. The van der Waals surface area contributed by atoms with E-state index in [4.69, 9.17) is 4.74 Å². The van der Waals surface area contributed by atoms with Gasteiger partial charge in [0.1, 0.15) is 6.10 Å². The van der Waals surface area contributed by atoms with Crippen molar-refractivity contribution >= 4 is 11.0 Å². The summed E-state index contributed by atoms with van der Waals surface area (Å²) in [5, 5.41) is 0. The molecule has 1 aliphatic rings. The Morgan fingerprint density at radius 2 is 2.05 bits per heavy atom. The zero-order valence-electron chi connectivity index (χ0n) is 11.6. The van der Waals surface area contributed by atoms with Crippen molar-refractivity contribution in [2.75, 3.05) is 0 Å². The predicted molar refractivity (Wildman–Crippen MR) is 80.5 cm³/mol. The van der Waals surface area contributed by atoms with Crippen molar-refractivity contribution in [1.82, 2.24) is 15.0 Å². The smallest absolute Gasteiger partial charge is 0.323 e. The minimum atomic E-state index is -0.196. The standard InChI is InChI=1S/C16H15N3O2/c1-9-2-6-12-15(19-16(20)18-12)14(9)10-3-7-13(17-8-10)21-11-4-5-11/h2-3,6-8,11H,4-5H2,1H3,(H2,18,19,20). The summed E-state index contributed by atoms with van der Waals surface area (Å²) in [7, 11) is 0. The second-order valence-corrected chi connectivity index (χ2v) is 5.46. The van der Waals surface area contributed by atoms with Crippen molar-refractivity contribution < 1.29 is 4.74 Å². The largest absolute Gasteiger partial charge is 0.474 e. The summed E-state index contributed by atoms with van der Waals surface area (Å²) < 4.78 is 5.66. The predicted octanol–water partition coefficient (Wildman–Crippen LogP) is 2.77. The lowest BCUT2D eigenvalue weighted by Crippen LogP contribution is -1.99. The fourth-order valence-corrected chi connectivity index (χ4v) is 2.53. The maximum atomic E-state index is 11.5. The Morgan fingerprint density at radius 3 is 2.76 bits per heavy atom. The number of rotatable bonds is 3. The van der Waals surface area contributed by atoms with Crippen LogP contribution in [0.3, 0.4) is 0 Å². The van der Waals surface area contributed by atoms with Crippen LogP contribution in [0.25, 0.3) is 22.2 Å². The molecule has 0 aliphatic heterocycles. The molecule has 5 heteroatoms. The molecule has 3 aromatic rings. The van der Waals surface area contributed by atoms with Crippen LogP contribution in [-0.4, -0.2) is 21.1 Å². The van der Waals surface area contributed by atoms with E-state index in [1.54, 1.807) is 6.20 Å². The first kappa shape index (κ1) is 12.2. The lowest BCUT2D eigenvalue weighted by molar-refractivity contribution is 0.291. The molecular formula is C16H15N3O2. The fraction of sp³-hybridized carbons (Fsp3) is 0.250. The van der Waals surface area contributed by atoms with Crippen molar-refractivity contribution in [2.24, 2.45) is 0 Å². The number of ether oxygens (including phenoxy) is 1. The first-order valence-corrected chi connectivity index (χ1v) is 7.05. The molecule has 1 saturated carbocycles. The molecule has 2 aromatic heterocycles. The molecular weight excluding hydrogens is 266 g/mol. The number of aromatic nitrogens is 3. The molecule has 5 nitrogen and oxygen atoms in total. The zero-order chi connectivity index (χ0) is 14.4. The maximum Gasteiger partial charge on any atom is 0.323 e. The lowest BCUT2D eigenvalue weighted by atomic mass is 10.0. The van der Waals surface area contributed by atoms with Gasteiger partial charge in [-0.2, -0.15) is 0 Å². The molecule has 0 atom stereocenters. The molecule has 0 spiro atoms. The van der Waals surface area contributed by atoms with Gasteiger partial charge in [0.15, 0.2) is 0 Å². The number of benzene rings is 1. The second-order valence-electron chi connectivity index (χ2n) is 5.46. The van der Waals surface area contributed by atoms with E-state index in [1.807, 2.05) is 31.2 Å². The zero-order valence-corrected chi connectivity index (χ0v) is 11.6. The Labute approximate surface area is 121 Å². The summed E-state index contributed by atoms with van der Waals surface area (Å²) in [6.45, 7) is 2.02. The number of H-pyrrole nitrogens is 2. The number of imidazole rings is 1. The summed E-state index contributed by atoms with van der Waals surface area (Å²) in [6.07, 6.45) is 4.37. The molecule has 1 aliphatic carbocycles. The molecule has 2 heterocycles. The van der Waals surface area contributed by atoms with Crippen LogP contribution in [0.4, 0.5) is 0 Å². The minimum Gasteiger partial charge on any atom is -0.474 e. The van der Waals surface area contributed by atoms with Crippen molar-refractivity contribution in [2.45, 2.75) is 25.9 Å². The first-order chi connectivity index (χ1) is 10.2. The Morgan fingerprint density at radius 1 is 1.19 bits per heavy atom. The van der Waals surface area contributed by atoms with Gasteiger partial charge in [-0.1, -0.05) is 6.07 Å². The van der Waals surface area contributed by atoms with Gasteiger partial charge in [0.25, 0.3) is 0 Å². The number of hydrogen-bond acceptors (Lipinski definition) is 3. The average Bonchev–Trinajstić information content (AvgIpc) is 3.20. The van der Waals surface area contributed by atoms with Gasteiger partial charge in [-0.05, 0) is 37.5 Å².